The van der Waals surface area contributed by atoms with Crippen LogP contribution in [0, 0.1) is 5.92 Å². The van der Waals surface area contributed by atoms with Crippen molar-refractivity contribution in [1.29, 1.82) is 0 Å². The first-order valence-electron chi connectivity index (χ1n) is 4.91. The van der Waals surface area contributed by atoms with Gasteiger partial charge in [-0.3, -0.25) is 0 Å². The molecule has 1 heteroatoms. The molecule has 0 rings (SSSR count). The monoisotopic (exact) mass is 220 g/mol. The second kappa shape index (κ2) is 8.58. The summed E-state index contributed by atoms with van der Waals surface area (Å²) in [6.07, 6.45) is 8.36. The van der Waals surface area contributed by atoms with Crippen molar-refractivity contribution in [2.75, 3.05) is 5.33 Å². The molecule has 0 aromatic rings. The summed E-state index contributed by atoms with van der Waals surface area (Å²) in [6.45, 7) is 4.57. The summed E-state index contributed by atoms with van der Waals surface area (Å²) in [6, 6.07) is 0. The van der Waals surface area contributed by atoms with Crippen molar-refractivity contribution < 1.29 is 0 Å². The van der Waals surface area contributed by atoms with Gasteiger partial charge in [-0.2, -0.15) is 0 Å². The highest BCUT2D eigenvalue weighted by Crippen LogP contribution is 2.17. The highest BCUT2D eigenvalue weighted by molar-refractivity contribution is 9.09. The van der Waals surface area contributed by atoms with E-state index in [1.807, 2.05) is 0 Å². The zero-order valence-corrected chi connectivity index (χ0v) is 9.49. The lowest BCUT2D eigenvalue weighted by atomic mass is 9.96. The summed E-state index contributed by atoms with van der Waals surface area (Å²) in [5, 5.41) is 1.18. The minimum atomic E-state index is 0.973. The summed E-state index contributed by atoms with van der Waals surface area (Å²) in [5.41, 5.74) is 0. The molecule has 0 aromatic heterocycles. The number of alkyl halides is 1. The van der Waals surface area contributed by atoms with E-state index in [2.05, 4.69) is 29.8 Å². The van der Waals surface area contributed by atoms with Crippen LogP contribution in [0.1, 0.15) is 52.4 Å². The van der Waals surface area contributed by atoms with Crippen LogP contribution in [-0.4, -0.2) is 5.33 Å². The van der Waals surface area contributed by atoms with E-state index in [1.54, 1.807) is 0 Å². The smallest absolute Gasteiger partial charge is 0.00339 e. The molecule has 0 N–H and O–H groups in total. The Bertz CT molecular complexity index is 71.3. The van der Waals surface area contributed by atoms with Crippen molar-refractivity contribution in [3.05, 3.63) is 0 Å². The lowest BCUT2D eigenvalue weighted by Crippen LogP contribution is -1.99. The van der Waals surface area contributed by atoms with Crippen molar-refractivity contribution in [2.24, 2.45) is 5.92 Å². The van der Waals surface area contributed by atoms with Gasteiger partial charge < -0.3 is 0 Å². The zero-order chi connectivity index (χ0) is 8.53. The third-order valence-corrected chi connectivity index (χ3v) is 2.77. The maximum Gasteiger partial charge on any atom is 0.00339 e. The number of rotatable bonds is 7. The Morgan fingerprint density at radius 1 is 1.09 bits per heavy atom. The Hall–Kier alpha value is 0.480. The molecule has 0 saturated heterocycles. The van der Waals surface area contributed by atoms with Crippen LogP contribution in [0.15, 0.2) is 0 Å². The maximum atomic E-state index is 3.50. The zero-order valence-electron chi connectivity index (χ0n) is 7.91. The molecule has 0 amide bonds. The third kappa shape index (κ3) is 6.86. The highest BCUT2D eigenvalue weighted by atomic mass is 79.9. The molecule has 0 unspecified atom stereocenters. The summed E-state index contributed by atoms with van der Waals surface area (Å²) >= 11 is 3.50. The fourth-order valence-corrected chi connectivity index (χ4v) is 2.04. The molecule has 0 aliphatic carbocycles. The molecule has 68 valence electrons. The molecule has 0 radical (unpaired) electrons. The van der Waals surface area contributed by atoms with Crippen LogP contribution in [-0.2, 0) is 0 Å². The molecule has 0 saturated carbocycles. The Kier molecular flexibility index (Phi) is 8.95. The average Bonchev–Trinajstić information content (AvgIpc) is 2.03. The number of hydrogen-bond donors (Lipinski definition) is 0. The Balaban J connectivity index is 3.20. The van der Waals surface area contributed by atoms with Crippen molar-refractivity contribution in [3.63, 3.8) is 0 Å². The van der Waals surface area contributed by atoms with Crippen molar-refractivity contribution in [2.45, 2.75) is 52.4 Å². The lowest BCUT2D eigenvalue weighted by Gasteiger charge is -2.11. The molecule has 0 aliphatic heterocycles. The van der Waals surface area contributed by atoms with Gasteiger partial charge in [0.15, 0.2) is 0 Å². The number of hydrogen-bond acceptors (Lipinski definition) is 0. The highest BCUT2D eigenvalue weighted by Gasteiger charge is 2.03. The number of unbranched alkanes of at least 4 members (excludes halogenated alkanes) is 2. The Labute approximate surface area is 79.9 Å². The fourth-order valence-electron chi connectivity index (χ4n) is 1.39. The van der Waals surface area contributed by atoms with Crippen LogP contribution in [0.25, 0.3) is 0 Å². The third-order valence-electron chi connectivity index (χ3n) is 2.31. The van der Waals surface area contributed by atoms with Crippen LogP contribution < -0.4 is 0 Å². The summed E-state index contributed by atoms with van der Waals surface area (Å²) in [7, 11) is 0. The van der Waals surface area contributed by atoms with E-state index in [0.717, 1.165) is 5.92 Å². The van der Waals surface area contributed by atoms with E-state index in [-0.39, 0.29) is 0 Å². The first-order valence-corrected chi connectivity index (χ1v) is 6.03. The van der Waals surface area contributed by atoms with Crippen LogP contribution in [0.3, 0.4) is 0 Å². The molecular formula is C10H21Br. The van der Waals surface area contributed by atoms with Crippen LogP contribution >= 0.6 is 15.9 Å². The summed E-state index contributed by atoms with van der Waals surface area (Å²) in [5.74, 6) is 0.973. The van der Waals surface area contributed by atoms with E-state index >= 15 is 0 Å². The van der Waals surface area contributed by atoms with Crippen molar-refractivity contribution in [1.82, 2.24) is 0 Å². The van der Waals surface area contributed by atoms with Gasteiger partial charge in [0, 0.05) is 5.33 Å². The van der Waals surface area contributed by atoms with Crippen LogP contribution in [0.2, 0.25) is 0 Å². The van der Waals surface area contributed by atoms with Crippen LogP contribution in [0.4, 0.5) is 0 Å². The van der Waals surface area contributed by atoms with Gasteiger partial charge in [-0.25, -0.2) is 0 Å². The molecule has 11 heavy (non-hydrogen) atoms. The average molecular weight is 221 g/mol. The molecule has 0 fully saturated rings. The predicted octanol–water partition coefficient (Wildman–Crippen LogP) is 4.38. The van der Waals surface area contributed by atoms with Gasteiger partial charge in [0.05, 0.1) is 0 Å². The van der Waals surface area contributed by atoms with Crippen LogP contribution in [0.5, 0.6) is 0 Å². The van der Waals surface area contributed by atoms with Crippen molar-refractivity contribution >= 4 is 15.9 Å². The molecule has 1 atom stereocenters. The lowest BCUT2D eigenvalue weighted by molar-refractivity contribution is 0.436. The van der Waals surface area contributed by atoms with Crippen molar-refractivity contribution in [3.8, 4) is 0 Å². The van der Waals surface area contributed by atoms with Gasteiger partial charge in [-0.1, -0.05) is 61.9 Å². The van der Waals surface area contributed by atoms with Gasteiger partial charge in [-0.15, -0.1) is 0 Å². The first-order chi connectivity index (χ1) is 5.35. The first kappa shape index (κ1) is 11.5. The maximum absolute atomic E-state index is 3.50. The van der Waals surface area contributed by atoms with E-state index in [4.69, 9.17) is 0 Å². The number of halogens is 1. The fraction of sp³-hybridized carbons (Fsp3) is 1.00. The van der Waals surface area contributed by atoms with Gasteiger partial charge in [-0.05, 0) is 12.3 Å². The molecule has 0 spiro atoms. The standard InChI is InChI=1S/C10H21Br/c1-3-5-6-7-10(4-2)8-9-11/h10H,3-9H2,1-2H3/t10-/m0/s1. The van der Waals surface area contributed by atoms with Gasteiger partial charge in [0.1, 0.15) is 0 Å². The second-order valence-corrected chi connectivity index (χ2v) is 4.04. The van der Waals surface area contributed by atoms with E-state index in [1.165, 1.54) is 43.9 Å². The normalized spacial score (nSPS) is 13.4. The predicted molar refractivity (Wildman–Crippen MR) is 56.3 cm³/mol. The second-order valence-electron chi connectivity index (χ2n) is 3.25. The minimum absolute atomic E-state index is 0.973. The van der Waals surface area contributed by atoms with E-state index in [9.17, 15) is 0 Å². The molecule has 0 nitrogen and oxygen atoms in total. The van der Waals surface area contributed by atoms with E-state index < -0.39 is 0 Å². The van der Waals surface area contributed by atoms with E-state index in [0.29, 0.717) is 0 Å². The quantitative estimate of drug-likeness (QED) is 0.442. The molecule has 0 aliphatic rings. The minimum Gasteiger partial charge on any atom is -0.0928 e. The molecule has 0 bridgehead atoms. The molecular weight excluding hydrogens is 200 g/mol. The summed E-state index contributed by atoms with van der Waals surface area (Å²) in [4.78, 5) is 0. The van der Waals surface area contributed by atoms with Gasteiger partial charge in [0.25, 0.3) is 0 Å². The molecule has 0 heterocycles. The topological polar surface area (TPSA) is 0 Å². The van der Waals surface area contributed by atoms with Gasteiger partial charge >= 0.3 is 0 Å². The summed E-state index contributed by atoms with van der Waals surface area (Å²) < 4.78 is 0. The largest absolute Gasteiger partial charge is 0.0928 e. The Morgan fingerprint density at radius 3 is 2.27 bits per heavy atom. The Morgan fingerprint density at radius 2 is 1.82 bits per heavy atom. The molecule has 0 aromatic carbocycles. The van der Waals surface area contributed by atoms with Gasteiger partial charge in [0.2, 0.25) is 0 Å². The SMILES string of the molecule is CCCCC[C@H](CC)CCBr.